The lowest BCUT2D eigenvalue weighted by Gasteiger charge is -2.19. The van der Waals surface area contributed by atoms with E-state index in [1.165, 1.54) is 4.88 Å². The van der Waals surface area contributed by atoms with Crippen LogP contribution < -0.4 is 10.1 Å². The van der Waals surface area contributed by atoms with Gasteiger partial charge in [-0.3, -0.25) is 4.98 Å². The molecule has 0 bridgehead atoms. The molecule has 108 valence electrons. The van der Waals surface area contributed by atoms with Crippen molar-refractivity contribution < 1.29 is 4.74 Å². The van der Waals surface area contributed by atoms with Gasteiger partial charge in [0.05, 0.1) is 5.52 Å². The Morgan fingerprint density at radius 1 is 1.19 bits per heavy atom. The van der Waals surface area contributed by atoms with E-state index in [0.29, 0.717) is 0 Å². The molecule has 0 aliphatic carbocycles. The lowest BCUT2D eigenvalue weighted by Crippen LogP contribution is -2.15. The molecule has 0 spiro atoms. The summed E-state index contributed by atoms with van der Waals surface area (Å²) in [7, 11) is 1.97. The Hall–Kier alpha value is -1.91. The van der Waals surface area contributed by atoms with Gasteiger partial charge in [-0.1, -0.05) is 18.2 Å². The standard InChI is InChI=1S/C17H18N2OS/c1-18-10-8-16(17-7-4-12-21-17)20-15-9-11-19-14-6-3-2-5-13(14)15/h2-7,9,11-12,16,18H,8,10H2,1H3. The predicted molar refractivity (Wildman–Crippen MR) is 88.0 cm³/mol. The number of hydrogen-bond acceptors (Lipinski definition) is 4. The third kappa shape index (κ3) is 3.23. The van der Waals surface area contributed by atoms with Gasteiger partial charge in [0, 0.05) is 22.9 Å². The van der Waals surface area contributed by atoms with Crippen LogP contribution in [0.3, 0.4) is 0 Å². The number of benzene rings is 1. The van der Waals surface area contributed by atoms with Crippen molar-refractivity contribution in [2.24, 2.45) is 0 Å². The molecule has 1 atom stereocenters. The zero-order valence-electron chi connectivity index (χ0n) is 12.0. The highest BCUT2D eigenvalue weighted by molar-refractivity contribution is 7.10. The normalized spacial score (nSPS) is 12.4. The molecule has 0 aliphatic rings. The first kappa shape index (κ1) is 14.0. The summed E-state index contributed by atoms with van der Waals surface area (Å²) in [5, 5.41) is 6.35. The maximum Gasteiger partial charge on any atom is 0.134 e. The number of aromatic nitrogens is 1. The van der Waals surface area contributed by atoms with Gasteiger partial charge in [-0.15, -0.1) is 11.3 Å². The number of nitrogens with one attached hydrogen (secondary N) is 1. The van der Waals surface area contributed by atoms with Crippen LogP contribution in [0.4, 0.5) is 0 Å². The van der Waals surface area contributed by atoms with Crippen LogP contribution in [0.15, 0.2) is 54.0 Å². The Morgan fingerprint density at radius 3 is 2.90 bits per heavy atom. The van der Waals surface area contributed by atoms with Gasteiger partial charge in [-0.25, -0.2) is 0 Å². The van der Waals surface area contributed by atoms with Gasteiger partial charge in [-0.2, -0.15) is 0 Å². The van der Waals surface area contributed by atoms with Gasteiger partial charge in [0.15, 0.2) is 0 Å². The molecule has 21 heavy (non-hydrogen) atoms. The molecule has 0 fully saturated rings. The summed E-state index contributed by atoms with van der Waals surface area (Å²) < 4.78 is 6.30. The highest BCUT2D eigenvalue weighted by Gasteiger charge is 2.15. The SMILES string of the molecule is CNCCC(Oc1ccnc2ccccc12)c1cccs1. The number of thiophene rings is 1. The Bertz CT molecular complexity index is 692. The van der Waals surface area contributed by atoms with Gasteiger partial charge in [0.1, 0.15) is 11.9 Å². The number of nitrogens with zero attached hydrogens (tertiary/aromatic N) is 1. The summed E-state index contributed by atoms with van der Waals surface area (Å²) >= 11 is 1.74. The molecule has 1 N–H and O–H groups in total. The average molecular weight is 298 g/mol. The minimum Gasteiger partial charge on any atom is -0.484 e. The molecule has 4 heteroatoms. The van der Waals surface area contributed by atoms with Crippen LogP contribution in [0.25, 0.3) is 10.9 Å². The fourth-order valence-electron chi connectivity index (χ4n) is 2.33. The molecular weight excluding hydrogens is 280 g/mol. The molecule has 3 rings (SSSR count). The molecule has 0 radical (unpaired) electrons. The number of hydrogen-bond donors (Lipinski definition) is 1. The monoisotopic (exact) mass is 298 g/mol. The molecule has 3 aromatic rings. The van der Waals surface area contributed by atoms with Crippen molar-refractivity contribution in [2.45, 2.75) is 12.5 Å². The van der Waals surface area contributed by atoms with Crippen molar-refractivity contribution in [2.75, 3.05) is 13.6 Å². The average Bonchev–Trinajstić information content (AvgIpc) is 3.06. The van der Waals surface area contributed by atoms with Crippen molar-refractivity contribution in [3.8, 4) is 5.75 Å². The topological polar surface area (TPSA) is 34.1 Å². The van der Waals surface area contributed by atoms with Gasteiger partial charge in [-0.05, 0) is 43.2 Å². The summed E-state index contributed by atoms with van der Waals surface area (Å²) in [5.74, 6) is 0.898. The Kier molecular flexibility index (Phi) is 4.48. The fraction of sp³-hybridized carbons (Fsp3) is 0.235. The van der Waals surface area contributed by atoms with E-state index in [1.807, 2.05) is 31.3 Å². The predicted octanol–water partition coefficient (Wildman–Crippen LogP) is 4.03. The van der Waals surface area contributed by atoms with Crippen LogP contribution in [0, 0.1) is 0 Å². The molecule has 1 aromatic carbocycles. The van der Waals surface area contributed by atoms with E-state index in [9.17, 15) is 0 Å². The van der Waals surface area contributed by atoms with Crippen LogP contribution in [0.1, 0.15) is 17.4 Å². The summed E-state index contributed by atoms with van der Waals surface area (Å²) in [5.41, 5.74) is 0.966. The van der Waals surface area contributed by atoms with E-state index < -0.39 is 0 Å². The number of para-hydroxylation sites is 1. The van der Waals surface area contributed by atoms with Gasteiger partial charge in [0.25, 0.3) is 0 Å². The van der Waals surface area contributed by atoms with E-state index in [0.717, 1.165) is 29.6 Å². The van der Waals surface area contributed by atoms with E-state index in [-0.39, 0.29) is 6.10 Å². The minimum absolute atomic E-state index is 0.0725. The molecule has 3 nitrogen and oxygen atoms in total. The number of ether oxygens (including phenoxy) is 1. The lowest BCUT2D eigenvalue weighted by atomic mass is 10.2. The van der Waals surface area contributed by atoms with Crippen molar-refractivity contribution in [3.63, 3.8) is 0 Å². The number of rotatable bonds is 6. The second kappa shape index (κ2) is 6.70. The first-order valence-electron chi connectivity index (χ1n) is 7.07. The molecule has 0 saturated carbocycles. The maximum absolute atomic E-state index is 6.30. The van der Waals surface area contributed by atoms with Crippen LogP contribution in [-0.4, -0.2) is 18.6 Å². The van der Waals surface area contributed by atoms with E-state index >= 15 is 0 Å². The Morgan fingerprint density at radius 2 is 2.10 bits per heavy atom. The smallest absolute Gasteiger partial charge is 0.134 e. The van der Waals surface area contributed by atoms with Crippen LogP contribution in [0.5, 0.6) is 5.75 Å². The quantitative estimate of drug-likeness (QED) is 0.746. The zero-order chi connectivity index (χ0) is 14.5. The number of pyridine rings is 1. The minimum atomic E-state index is 0.0725. The maximum atomic E-state index is 6.30. The highest BCUT2D eigenvalue weighted by atomic mass is 32.1. The molecule has 0 amide bonds. The first-order valence-corrected chi connectivity index (χ1v) is 7.95. The summed E-state index contributed by atoms with van der Waals surface area (Å²) in [6.45, 7) is 0.922. The Balaban J connectivity index is 1.90. The van der Waals surface area contributed by atoms with Crippen molar-refractivity contribution in [1.29, 1.82) is 0 Å². The van der Waals surface area contributed by atoms with E-state index in [4.69, 9.17) is 4.74 Å². The Labute approximate surface area is 128 Å². The van der Waals surface area contributed by atoms with Crippen LogP contribution in [-0.2, 0) is 0 Å². The van der Waals surface area contributed by atoms with Crippen LogP contribution >= 0.6 is 11.3 Å². The number of fused-ring (bicyclic) bond motifs is 1. The highest BCUT2D eigenvalue weighted by Crippen LogP contribution is 2.31. The second-order valence-corrected chi connectivity index (χ2v) is 5.82. The summed E-state index contributed by atoms with van der Waals surface area (Å²) in [6.07, 6.45) is 2.82. The van der Waals surface area contributed by atoms with Gasteiger partial charge in [0.2, 0.25) is 0 Å². The molecule has 2 aromatic heterocycles. The molecule has 1 unspecified atom stereocenters. The van der Waals surface area contributed by atoms with Crippen molar-refractivity contribution in [3.05, 3.63) is 58.9 Å². The first-order chi connectivity index (χ1) is 10.4. The summed E-state index contributed by atoms with van der Waals surface area (Å²) in [4.78, 5) is 5.64. The lowest BCUT2D eigenvalue weighted by molar-refractivity contribution is 0.201. The molecule has 2 heterocycles. The largest absolute Gasteiger partial charge is 0.484 e. The molecule has 0 saturated heterocycles. The third-order valence-corrected chi connectivity index (χ3v) is 4.36. The fourth-order valence-corrected chi connectivity index (χ4v) is 3.12. The van der Waals surface area contributed by atoms with Crippen molar-refractivity contribution >= 4 is 22.2 Å². The van der Waals surface area contributed by atoms with E-state index in [2.05, 4.69) is 33.9 Å². The van der Waals surface area contributed by atoms with Crippen molar-refractivity contribution in [1.82, 2.24) is 10.3 Å². The molecule has 0 aliphatic heterocycles. The molecular formula is C17H18N2OS. The second-order valence-electron chi connectivity index (χ2n) is 4.84. The van der Waals surface area contributed by atoms with Gasteiger partial charge < -0.3 is 10.1 Å². The van der Waals surface area contributed by atoms with Crippen LogP contribution in [0.2, 0.25) is 0 Å². The third-order valence-electron chi connectivity index (χ3n) is 3.40. The van der Waals surface area contributed by atoms with E-state index in [1.54, 1.807) is 17.5 Å². The van der Waals surface area contributed by atoms with Gasteiger partial charge >= 0.3 is 0 Å². The zero-order valence-corrected chi connectivity index (χ0v) is 12.8. The summed E-state index contributed by atoms with van der Waals surface area (Å²) in [6, 6.07) is 14.2.